The van der Waals surface area contributed by atoms with Gasteiger partial charge in [-0.05, 0) is 59.9 Å². The lowest BCUT2D eigenvalue weighted by atomic mass is 10.3. The number of carbonyl (C=O) groups is 2. The topological polar surface area (TPSA) is 86.7 Å². The Morgan fingerprint density at radius 3 is 2.00 bits per heavy atom. The van der Waals surface area contributed by atoms with Crippen molar-refractivity contribution in [2.24, 2.45) is 0 Å². The maximum absolute atomic E-state index is 12.4. The average Bonchev–Trinajstić information content (AvgIpc) is 2.28. The van der Waals surface area contributed by atoms with Crippen LogP contribution in [0, 0.1) is 0 Å². The van der Waals surface area contributed by atoms with Crippen molar-refractivity contribution >= 4 is 69.6 Å². The van der Waals surface area contributed by atoms with E-state index < -0.39 is 23.3 Å². The zero-order valence-corrected chi connectivity index (χ0v) is 16.3. The van der Waals surface area contributed by atoms with Gasteiger partial charge in [-0.25, -0.2) is 8.42 Å². The van der Waals surface area contributed by atoms with Gasteiger partial charge in [0.25, 0.3) is 0 Å². The molecule has 116 valence electrons. The number of hydrogen-bond donors (Lipinski definition) is 0. The number of hydrogen-bond acceptors (Lipinski definition) is 6. The highest BCUT2D eigenvalue weighted by molar-refractivity contribution is 9.42. The van der Waals surface area contributed by atoms with Gasteiger partial charge in [0.1, 0.15) is 16.4 Å². The molecule has 21 heavy (non-hydrogen) atoms. The molecule has 10 heteroatoms. The zero-order chi connectivity index (χ0) is 16.4. The number of benzene rings is 1. The Morgan fingerprint density at radius 1 is 1.05 bits per heavy atom. The van der Waals surface area contributed by atoms with Crippen LogP contribution in [0.1, 0.15) is 13.8 Å². The summed E-state index contributed by atoms with van der Waals surface area (Å²) in [6.45, 7) is 2.32. The molecule has 0 bridgehead atoms. The summed E-state index contributed by atoms with van der Waals surface area (Å²) < 4.78 is 32.9. The summed E-state index contributed by atoms with van der Waals surface area (Å²) in [6, 6.07) is 3.63. The van der Waals surface area contributed by atoms with Crippen molar-refractivity contribution in [2.45, 2.75) is 20.2 Å². The monoisotopic (exact) mass is 506 g/mol. The summed E-state index contributed by atoms with van der Waals surface area (Å²) in [7, 11) is -4.03. The minimum Gasteiger partial charge on any atom is -0.427 e. The standard InChI is InChI=1S/C11H9Br3O6S/c1-6(15)19-8-3-4-9(20-7(2)16)10(5-8)21(17,18)11(12,13)14/h3-5H,1-2H3. The third-order valence-corrected chi connectivity index (χ3v) is 7.37. The summed E-state index contributed by atoms with van der Waals surface area (Å²) in [6.07, 6.45) is 0. The quantitative estimate of drug-likeness (QED) is 0.354. The maximum Gasteiger partial charge on any atom is 0.308 e. The maximum atomic E-state index is 12.4. The predicted molar refractivity (Wildman–Crippen MR) is 85.8 cm³/mol. The first-order valence-electron chi connectivity index (χ1n) is 5.27. The van der Waals surface area contributed by atoms with Crippen LogP contribution in [0.3, 0.4) is 0 Å². The van der Waals surface area contributed by atoms with E-state index >= 15 is 0 Å². The Hall–Kier alpha value is -0.450. The summed E-state index contributed by atoms with van der Waals surface area (Å²) in [5.74, 6) is -1.47. The van der Waals surface area contributed by atoms with E-state index in [9.17, 15) is 18.0 Å². The summed E-state index contributed by atoms with van der Waals surface area (Å²) in [5.41, 5.74) is 0. The van der Waals surface area contributed by atoms with Gasteiger partial charge in [-0.3, -0.25) is 9.59 Å². The highest BCUT2D eigenvalue weighted by atomic mass is 80.0. The zero-order valence-electron chi connectivity index (χ0n) is 10.7. The second kappa shape index (κ2) is 6.76. The third-order valence-electron chi connectivity index (χ3n) is 2.02. The van der Waals surface area contributed by atoms with Crippen molar-refractivity contribution < 1.29 is 27.5 Å². The van der Waals surface area contributed by atoms with E-state index in [-0.39, 0.29) is 16.4 Å². The Labute approximate surface area is 146 Å². The molecule has 0 aliphatic rings. The van der Waals surface area contributed by atoms with Crippen LogP contribution in [0.5, 0.6) is 11.5 Å². The van der Waals surface area contributed by atoms with E-state index in [0.717, 1.165) is 13.0 Å². The molecule has 0 aliphatic heterocycles. The molecule has 0 atom stereocenters. The summed E-state index contributed by atoms with van der Waals surface area (Å²) in [4.78, 5) is 21.7. The van der Waals surface area contributed by atoms with Crippen molar-refractivity contribution in [3.05, 3.63) is 18.2 Å². The smallest absolute Gasteiger partial charge is 0.308 e. The fourth-order valence-electron chi connectivity index (χ4n) is 1.29. The van der Waals surface area contributed by atoms with E-state index in [2.05, 4.69) is 47.8 Å². The van der Waals surface area contributed by atoms with Gasteiger partial charge in [0.15, 0.2) is 0 Å². The minimum absolute atomic E-state index is 0.00808. The molecule has 0 aliphatic carbocycles. The van der Waals surface area contributed by atoms with Crippen LogP contribution >= 0.6 is 47.8 Å². The minimum atomic E-state index is -4.03. The van der Waals surface area contributed by atoms with Gasteiger partial charge in [0.2, 0.25) is 11.3 Å². The van der Waals surface area contributed by atoms with Gasteiger partial charge in [-0.15, -0.1) is 0 Å². The second-order valence-corrected chi connectivity index (χ2v) is 14.1. The van der Waals surface area contributed by atoms with Crippen molar-refractivity contribution in [3.8, 4) is 11.5 Å². The molecule has 0 aromatic heterocycles. The van der Waals surface area contributed by atoms with Crippen molar-refractivity contribution in [2.75, 3.05) is 0 Å². The Kier molecular flexibility index (Phi) is 5.99. The molecular weight excluding hydrogens is 500 g/mol. The lowest BCUT2D eigenvalue weighted by Gasteiger charge is -2.17. The Balaban J connectivity index is 3.49. The van der Waals surface area contributed by atoms with Crippen LogP contribution in [-0.4, -0.2) is 21.8 Å². The Bertz CT molecular complexity index is 678. The van der Waals surface area contributed by atoms with Crippen LogP contribution in [0.25, 0.3) is 0 Å². The van der Waals surface area contributed by atoms with Gasteiger partial charge in [0.05, 0.1) is 0 Å². The first kappa shape index (κ1) is 18.6. The molecule has 1 aromatic rings. The van der Waals surface area contributed by atoms with Gasteiger partial charge < -0.3 is 9.47 Å². The third kappa shape index (κ3) is 4.76. The molecular formula is C11H9Br3O6S. The number of rotatable bonds is 3. The fourth-order valence-corrected chi connectivity index (χ4v) is 3.76. The molecule has 1 aromatic carbocycles. The van der Waals surface area contributed by atoms with Crippen LogP contribution in [-0.2, 0) is 19.4 Å². The van der Waals surface area contributed by atoms with E-state index in [4.69, 9.17) is 9.47 Å². The van der Waals surface area contributed by atoms with Gasteiger partial charge in [0, 0.05) is 19.9 Å². The van der Waals surface area contributed by atoms with Crippen LogP contribution < -0.4 is 9.47 Å². The van der Waals surface area contributed by atoms with Crippen LogP contribution in [0.4, 0.5) is 0 Å². The molecule has 0 N–H and O–H groups in total. The molecule has 0 heterocycles. The fraction of sp³-hybridized carbons (Fsp3) is 0.273. The number of carbonyl (C=O) groups excluding carboxylic acids is 2. The summed E-state index contributed by atoms with van der Waals surface area (Å²) >= 11 is 8.73. The number of sulfone groups is 1. The molecule has 6 nitrogen and oxygen atoms in total. The largest absolute Gasteiger partial charge is 0.427 e. The number of alkyl halides is 3. The molecule has 0 radical (unpaired) electrons. The molecule has 0 unspecified atom stereocenters. The van der Waals surface area contributed by atoms with Gasteiger partial charge in [-0.1, -0.05) is 0 Å². The average molecular weight is 509 g/mol. The van der Waals surface area contributed by atoms with E-state index in [1.165, 1.54) is 19.1 Å². The molecule has 1 rings (SSSR count). The lowest BCUT2D eigenvalue weighted by Crippen LogP contribution is -2.19. The van der Waals surface area contributed by atoms with Crippen molar-refractivity contribution in [1.82, 2.24) is 0 Å². The van der Waals surface area contributed by atoms with E-state index in [0.29, 0.717) is 0 Å². The SMILES string of the molecule is CC(=O)Oc1ccc(OC(C)=O)c(S(=O)(=O)C(Br)(Br)Br)c1. The van der Waals surface area contributed by atoms with Crippen molar-refractivity contribution in [3.63, 3.8) is 0 Å². The predicted octanol–water partition coefficient (Wildman–Crippen LogP) is 3.11. The summed E-state index contributed by atoms with van der Waals surface area (Å²) in [5, 5.41) is 0. The number of esters is 2. The second-order valence-electron chi connectivity index (χ2n) is 3.75. The van der Waals surface area contributed by atoms with Crippen molar-refractivity contribution in [1.29, 1.82) is 0 Å². The normalized spacial score (nSPS) is 11.9. The van der Waals surface area contributed by atoms with Gasteiger partial charge in [-0.2, -0.15) is 0 Å². The van der Waals surface area contributed by atoms with Crippen LogP contribution in [0.2, 0.25) is 0 Å². The highest BCUT2D eigenvalue weighted by Crippen LogP contribution is 2.46. The Morgan fingerprint density at radius 2 is 1.57 bits per heavy atom. The van der Waals surface area contributed by atoms with Gasteiger partial charge >= 0.3 is 11.9 Å². The number of ether oxygens (including phenoxy) is 2. The molecule has 0 spiro atoms. The molecule has 0 amide bonds. The first-order chi connectivity index (χ1) is 9.45. The molecule has 0 saturated carbocycles. The van der Waals surface area contributed by atoms with E-state index in [1.807, 2.05) is 0 Å². The highest BCUT2D eigenvalue weighted by Gasteiger charge is 2.40. The lowest BCUT2D eigenvalue weighted by molar-refractivity contribution is -0.133. The molecule has 0 saturated heterocycles. The number of halogens is 3. The van der Waals surface area contributed by atoms with E-state index in [1.54, 1.807) is 0 Å². The first-order valence-corrected chi connectivity index (χ1v) is 9.13. The van der Waals surface area contributed by atoms with Crippen LogP contribution in [0.15, 0.2) is 23.1 Å². The molecule has 0 fully saturated rings.